The Kier molecular flexibility index (Phi) is 8.68. The third-order valence-corrected chi connectivity index (χ3v) is 4.07. The Morgan fingerprint density at radius 2 is 1.89 bits per heavy atom. The fourth-order valence-corrected chi connectivity index (χ4v) is 3.04. The standard InChI is InChI=1S/C14H26BrNO2/c1-18-11-10-16(9-8-15)14(17)12-13-6-4-2-3-5-7-13/h13H,2-12H2,1H3. The van der Waals surface area contributed by atoms with Crippen LogP contribution in [0.4, 0.5) is 0 Å². The molecule has 0 aromatic rings. The van der Waals surface area contributed by atoms with Crippen molar-refractivity contribution < 1.29 is 9.53 Å². The predicted molar refractivity (Wildman–Crippen MR) is 78.1 cm³/mol. The van der Waals surface area contributed by atoms with Gasteiger partial charge in [-0.2, -0.15) is 0 Å². The predicted octanol–water partition coefficient (Wildman–Crippen LogP) is 3.22. The fourth-order valence-electron chi connectivity index (χ4n) is 2.61. The van der Waals surface area contributed by atoms with Gasteiger partial charge in [-0.1, -0.05) is 41.6 Å². The summed E-state index contributed by atoms with van der Waals surface area (Å²) in [6.45, 7) is 2.13. The second-order valence-corrected chi connectivity index (χ2v) is 5.92. The molecular weight excluding hydrogens is 294 g/mol. The molecule has 0 unspecified atom stereocenters. The van der Waals surface area contributed by atoms with Crippen molar-refractivity contribution in [3.63, 3.8) is 0 Å². The Bertz CT molecular complexity index is 228. The molecule has 1 fully saturated rings. The van der Waals surface area contributed by atoms with E-state index in [1.165, 1.54) is 38.5 Å². The van der Waals surface area contributed by atoms with Gasteiger partial charge in [0.05, 0.1) is 6.61 Å². The van der Waals surface area contributed by atoms with Crippen molar-refractivity contribution >= 4 is 21.8 Å². The van der Waals surface area contributed by atoms with Crippen LogP contribution in [0.25, 0.3) is 0 Å². The maximum atomic E-state index is 12.3. The molecule has 0 saturated heterocycles. The number of rotatable bonds is 7. The van der Waals surface area contributed by atoms with Crippen LogP contribution in [0, 0.1) is 5.92 Å². The molecule has 106 valence electrons. The highest BCUT2D eigenvalue weighted by molar-refractivity contribution is 9.09. The first-order chi connectivity index (χ1) is 8.77. The molecule has 1 amide bonds. The molecule has 1 aliphatic rings. The van der Waals surface area contributed by atoms with E-state index in [2.05, 4.69) is 15.9 Å². The summed E-state index contributed by atoms with van der Waals surface area (Å²) in [7, 11) is 1.68. The smallest absolute Gasteiger partial charge is 0.222 e. The maximum absolute atomic E-state index is 12.3. The van der Waals surface area contributed by atoms with Gasteiger partial charge in [0.2, 0.25) is 5.91 Å². The van der Waals surface area contributed by atoms with Crippen LogP contribution in [0.5, 0.6) is 0 Å². The first-order valence-corrected chi connectivity index (χ1v) is 8.22. The van der Waals surface area contributed by atoms with Crippen molar-refractivity contribution in [3.8, 4) is 0 Å². The Morgan fingerprint density at radius 1 is 1.22 bits per heavy atom. The zero-order valence-corrected chi connectivity index (χ0v) is 13.1. The van der Waals surface area contributed by atoms with Gasteiger partial charge in [-0.3, -0.25) is 4.79 Å². The molecule has 1 rings (SSSR count). The number of hydrogen-bond donors (Lipinski definition) is 0. The summed E-state index contributed by atoms with van der Waals surface area (Å²) < 4.78 is 5.07. The lowest BCUT2D eigenvalue weighted by Crippen LogP contribution is -2.36. The normalized spacial score (nSPS) is 17.4. The largest absolute Gasteiger partial charge is 0.383 e. The molecule has 0 bridgehead atoms. The van der Waals surface area contributed by atoms with Crippen LogP contribution in [-0.4, -0.2) is 42.9 Å². The van der Waals surface area contributed by atoms with E-state index in [9.17, 15) is 4.79 Å². The van der Waals surface area contributed by atoms with E-state index in [0.717, 1.165) is 18.3 Å². The van der Waals surface area contributed by atoms with Gasteiger partial charge in [-0.05, 0) is 18.8 Å². The highest BCUT2D eigenvalue weighted by atomic mass is 79.9. The van der Waals surface area contributed by atoms with Crippen molar-refractivity contribution in [2.24, 2.45) is 5.92 Å². The van der Waals surface area contributed by atoms with Crippen LogP contribution in [0.3, 0.4) is 0 Å². The monoisotopic (exact) mass is 319 g/mol. The third kappa shape index (κ3) is 6.19. The summed E-state index contributed by atoms with van der Waals surface area (Å²) in [6.07, 6.45) is 8.49. The van der Waals surface area contributed by atoms with Crippen molar-refractivity contribution in [1.82, 2.24) is 4.90 Å². The van der Waals surface area contributed by atoms with Gasteiger partial charge in [-0.25, -0.2) is 0 Å². The highest BCUT2D eigenvalue weighted by Crippen LogP contribution is 2.25. The highest BCUT2D eigenvalue weighted by Gasteiger charge is 2.19. The summed E-state index contributed by atoms with van der Waals surface area (Å²) in [5, 5.41) is 0.840. The zero-order valence-electron chi connectivity index (χ0n) is 11.5. The van der Waals surface area contributed by atoms with E-state index in [-0.39, 0.29) is 0 Å². The Hall–Kier alpha value is -0.0900. The van der Waals surface area contributed by atoms with E-state index >= 15 is 0 Å². The molecule has 3 nitrogen and oxygen atoms in total. The minimum atomic E-state index is 0.304. The summed E-state index contributed by atoms with van der Waals surface area (Å²) in [4.78, 5) is 14.2. The van der Waals surface area contributed by atoms with Crippen LogP contribution in [-0.2, 0) is 9.53 Å². The van der Waals surface area contributed by atoms with Gasteiger partial charge >= 0.3 is 0 Å². The topological polar surface area (TPSA) is 29.5 Å². The van der Waals surface area contributed by atoms with Crippen LogP contribution >= 0.6 is 15.9 Å². The maximum Gasteiger partial charge on any atom is 0.222 e. The number of hydrogen-bond acceptors (Lipinski definition) is 2. The van der Waals surface area contributed by atoms with Gasteiger partial charge in [0.1, 0.15) is 0 Å². The lowest BCUT2D eigenvalue weighted by atomic mass is 9.96. The molecule has 1 aliphatic carbocycles. The molecule has 1 saturated carbocycles. The first-order valence-electron chi connectivity index (χ1n) is 7.10. The average molecular weight is 320 g/mol. The minimum Gasteiger partial charge on any atom is -0.383 e. The Morgan fingerprint density at radius 3 is 2.44 bits per heavy atom. The van der Waals surface area contributed by atoms with Crippen molar-refractivity contribution in [1.29, 1.82) is 0 Å². The summed E-state index contributed by atoms with van der Waals surface area (Å²) in [6, 6.07) is 0. The van der Waals surface area contributed by atoms with Crippen LogP contribution in [0.2, 0.25) is 0 Å². The van der Waals surface area contributed by atoms with E-state index in [1.54, 1.807) is 7.11 Å². The number of halogens is 1. The number of carbonyl (C=O) groups is 1. The van der Waals surface area contributed by atoms with Gasteiger partial charge in [-0.15, -0.1) is 0 Å². The summed E-state index contributed by atoms with van der Waals surface area (Å²) in [5.74, 6) is 0.916. The molecule has 0 aliphatic heterocycles. The molecule has 4 heteroatoms. The minimum absolute atomic E-state index is 0.304. The molecule has 0 aromatic carbocycles. The Balaban J connectivity index is 2.38. The van der Waals surface area contributed by atoms with Crippen molar-refractivity contribution in [2.45, 2.75) is 44.9 Å². The van der Waals surface area contributed by atoms with Crippen LogP contribution in [0.1, 0.15) is 44.9 Å². The van der Waals surface area contributed by atoms with Gasteiger partial charge < -0.3 is 9.64 Å². The van der Waals surface area contributed by atoms with Crippen molar-refractivity contribution in [2.75, 3.05) is 32.1 Å². The van der Waals surface area contributed by atoms with Gasteiger partial charge in [0.15, 0.2) is 0 Å². The average Bonchev–Trinajstić information content (AvgIpc) is 2.63. The van der Waals surface area contributed by atoms with Crippen LogP contribution in [0.15, 0.2) is 0 Å². The second kappa shape index (κ2) is 9.79. The summed E-state index contributed by atoms with van der Waals surface area (Å²) in [5.41, 5.74) is 0. The molecule has 18 heavy (non-hydrogen) atoms. The van der Waals surface area contributed by atoms with Crippen LogP contribution < -0.4 is 0 Å². The Labute approximate surface area is 119 Å². The molecule has 0 atom stereocenters. The second-order valence-electron chi connectivity index (χ2n) is 5.12. The molecule has 0 radical (unpaired) electrons. The molecule has 0 heterocycles. The number of amides is 1. The lowest BCUT2D eigenvalue weighted by Gasteiger charge is -2.24. The van der Waals surface area contributed by atoms with Crippen molar-refractivity contribution in [3.05, 3.63) is 0 Å². The quantitative estimate of drug-likeness (QED) is 0.532. The SMILES string of the molecule is COCCN(CCBr)C(=O)CC1CCCCCC1. The lowest BCUT2D eigenvalue weighted by molar-refractivity contribution is -0.132. The van der Waals surface area contributed by atoms with E-state index < -0.39 is 0 Å². The molecule has 0 spiro atoms. The van der Waals surface area contributed by atoms with Gasteiger partial charge in [0.25, 0.3) is 0 Å². The fraction of sp³-hybridized carbons (Fsp3) is 0.929. The third-order valence-electron chi connectivity index (χ3n) is 3.71. The molecular formula is C14H26BrNO2. The first kappa shape index (κ1) is 16.0. The molecule has 0 aromatic heterocycles. The number of ether oxygens (including phenoxy) is 1. The summed E-state index contributed by atoms with van der Waals surface area (Å²) >= 11 is 3.41. The molecule has 0 N–H and O–H groups in total. The zero-order chi connectivity index (χ0) is 13.2. The van der Waals surface area contributed by atoms with E-state index in [1.807, 2.05) is 4.90 Å². The van der Waals surface area contributed by atoms with Gasteiger partial charge in [0, 0.05) is 32.0 Å². The van der Waals surface area contributed by atoms with E-state index in [0.29, 0.717) is 25.0 Å². The number of nitrogens with zero attached hydrogens (tertiary/aromatic N) is 1. The number of carbonyl (C=O) groups excluding carboxylic acids is 1. The number of alkyl halides is 1. The number of methoxy groups -OCH3 is 1. The van der Waals surface area contributed by atoms with E-state index in [4.69, 9.17) is 4.74 Å².